The molecule has 6 nitrogen and oxygen atoms in total. The highest BCUT2D eigenvalue weighted by molar-refractivity contribution is 7.92. The third-order valence-electron chi connectivity index (χ3n) is 4.53. The molecular weight excluding hydrogens is 418 g/mol. The van der Waals surface area contributed by atoms with Crippen LogP contribution in [0.2, 0.25) is 0 Å². The van der Waals surface area contributed by atoms with E-state index in [1.807, 2.05) is 11.4 Å². The first-order chi connectivity index (χ1) is 14.1. The molecule has 0 radical (unpaired) electrons. The van der Waals surface area contributed by atoms with Gasteiger partial charge in [-0.15, -0.1) is 11.3 Å². The lowest BCUT2D eigenvalue weighted by molar-refractivity contribution is 0.102. The fourth-order valence-corrected chi connectivity index (χ4v) is 5.24. The number of nitrogens with one attached hydrogen (secondary N) is 1. The van der Waals surface area contributed by atoms with Crippen LogP contribution in [0, 0.1) is 0 Å². The molecule has 1 amide bonds. The minimum Gasteiger partial charge on any atom is -0.298 e. The van der Waals surface area contributed by atoms with Crippen molar-refractivity contribution in [3.8, 4) is 0 Å². The lowest BCUT2D eigenvalue weighted by Crippen LogP contribution is -2.30. The molecule has 1 aromatic heterocycles. The summed E-state index contributed by atoms with van der Waals surface area (Å²) in [6.07, 6.45) is 0. The van der Waals surface area contributed by atoms with Gasteiger partial charge in [-0.1, -0.05) is 39.0 Å². The number of aromatic nitrogens is 1. The molecule has 3 aromatic rings. The van der Waals surface area contributed by atoms with E-state index >= 15 is 0 Å². The monoisotopic (exact) mass is 443 g/mol. The van der Waals surface area contributed by atoms with Gasteiger partial charge in [-0.25, -0.2) is 13.4 Å². The molecule has 0 aliphatic heterocycles. The van der Waals surface area contributed by atoms with Gasteiger partial charge < -0.3 is 0 Å². The van der Waals surface area contributed by atoms with Gasteiger partial charge in [0.05, 0.1) is 16.3 Å². The molecule has 0 unspecified atom stereocenters. The van der Waals surface area contributed by atoms with E-state index in [0.717, 1.165) is 5.69 Å². The molecular formula is C22H25N3O3S2. The summed E-state index contributed by atoms with van der Waals surface area (Å²) in [7, 11) is -3.73. The van der Waals surface area contributed by atoms with Gasteiger partial charge in [0, 0.05) is 22.9 Å². The number of carbonyl (C=O) groups excluding carboxylic acids is 1. The van der Waals surface area contributed by atoms with Crippen molar-refractivity contribution in [2.75, 3.05) is 16.2 Å². The second-order valence-electron chi connectivity index (χ2n) is 7.77. The number of rotatable bonds is 6. The number of carbonyl (C=O) groups is 1. The molecule has 1 N–H and O–H groups in total. The van der Waals surface area contributed by atoms with Gasteiger partial charge in [0.15, 0.2) is 5.13 Å². The molecule has 8 heteroatoms. The summed E-state index contributed by atoms with van der Waals surface area (Å²) in [5, 5.41) is 5.22. The fraction of sp³-hybridized carbons (Fsp3) is 0.273. The molecule has 0 saturated heterocycles. The van der Waals surface area contributed by atoms with E-state index in [2.05, 4.69) is 31.1 Å². The highest BCUT2D eigenvalue weighted by Crippen LogP contribution is 2.27. The number of sulfonamides is 1. The molecule has 158 valence electrons. The van der Waals surface area contributed by atoms with Gasteiger partial charge >= 0.3 is 0 Å². The Balaban J connectivity index is 1.78. The van der Waals surface area contributed by atoms with Crippen LogP contribution in [0.1, 0.15) is 43.7 Å². The van der Waals surface area contributed by atoms with Crippen molar-refractivity contribution in [1.82, 2.24) is 4.98 Å². The Morgan fingerprint density at radius 2 is 1.70 bits per heavy atom. The Morgan fingerprint density at radius 1 is 1.07 bits per heavy atom. The number of amides is 1. The zero-order chi connectivity index (χ0) is 21.9. The second kappa shape index (κ2) is 8.57. The molecule has 30 heavy (non-hydrogen) atoms. The number of thiazole rings is 1. The van der Waals surface area contributed by atoms with Crippen molar-refractivity contribution in [2.45, 2.75) is 38.0 Å². The van der Waals surface area contributed by atoms with E-state index in [4.69, 9.17) is 0 Å². The Labute approximate surface area is 181 Å². The van der Waals surface area contributed by atoms with Gasteiger partial charge in [-0.2, -0.15) is 0 Å². The van der Waals surface area contributed by atoms with E-state index < -0.39 is 10.0 Å². The molecule has 0 spiro atoms. The predicted molar refractivity (Wildman–Crippen MR) is 122 cm³/mol. The number of para-hydroxylation sites is 1. The van der Waals surface area contributed by atoms with Crippen LogP contribution in [-0.4, -0.2) is 25.9 Å². The van der Waals surface area contributed by atoms with E-state index in [0.29, 0.717) is 22.9 Å². The van der Waals surface area contributed by atoms with Gasteiger partial charge in [0.1, 0.15) is 0 Å². The van der Waals surface area contributed by atoms with Crippen LogP contribution >= 0.6 is 11.3 Å². The summed E-state index contributed by atoms with van der Waals surface area (Å²) in [5.41, 5.74) is 1.77. The largest absolute Gasteiger partial charge is 0.298 e. The lowest BCUT2D eigenvalue weighted by Gasteiger charge is -2.23. The van der Waals surface area contributed by atoms with Crippen molar-refractivity contribution in [2.24, 2.45) is 0 Å². The lowest BCUT2D eigenvalue weighted by atomic mass is 9.93. The minimum absolute atomic E-state index is 0.0978. The molecule has 0 aliphatic carbocycles. The topological polar surface area (TPSA) is 79.4 Å². The maximum Gasteiger partial charge on any atom is 0.264 e. The van der Waals surface area contributed by atoms with E-state index in [-0.39, 0.29) is 16.2 Å². The molecule has 0 aliphatic rings. The summed E-state index contributed by atoms with van der Waals surface area (Å²) in [5.74, 6) is -0.329. The Morgan fingerprint density at radius 3 is 2.23 bits per heavy atom. The Bertz CT molecular complexity index is 1120. The average molecular weight is 444 g/mol. The maximum atomic E-state index is 13.0. The molecule has 1 heterocycles. The number of benzene rings is 2. The summed E-state index contributed by atoms with van der Waals surface area (Å²) >= 11 is 1.37. The van der Waals surface area contributed by atoms with E-state index in [1.54, 1.807) is 31.2 Å². The molecule has 0 bridgehead atoms. The van der Waals surface area contributed by atoms with Crippen molar-refractivity contribution in [3.05, 3.63) is 71.2 Å². The first-order valence-corrected chi connectivity index (χ1v) is 11.9. The van der Waals surface area contributed by atoms with Gasteiger partial charge in [0.2, 0.25) is 0 Å². The van der Waals surface area contributed by atoms with Crippen molar-refractivity contribution >= 4 is 38.1 Å². The summed E-state index contributed by atoms with van der Waals surface area (Å²) < 4.78 is 27.4. The van der Waals surface area contributed by atoms with Crippen molar-refractivity contribution in [1.29, 1.82) is 0 Å². The molecule has 0 atom stereocenters. The van der Waals surface area contributed by atoms with E-state index in [1.165, 1.54) is 39.9 Å². The van der Waals surface area contributed by atoms with E-state index in [9.17, 15) is 13.2 Å². The Kier molecular flexibility index (Phi) is 6.28. The molecule has 0 fully saturated rings. The van der Waals surface area contributed by atoms with Crippen molar-refractivity contribution < 1.29 is 13.2 Å². The zero-order valence-corrected chi connectivity index (χ0v) is 19.0. The summed E-state index contributed by atoms with van der Waals surface area (Å²) in [4.78, 5) is 17.1. The SMILES string of the molecule is CCN(c1ccccc1)S(=O)(=O)c1ccc(C(=O)Nc2nc(C(C)(C)C)cs2)cc1. The van der Waals surface area contributed by atoms with Gasteiger partial charge in [-0.05, 0) is 43.3 Å². The van der Waals surface area contributed by atoms with Crippen LogP contribution < -0.4 is 9.62 Å². The standard InChI is InChI=1S/C22H25N3O3S2/c1-5-25(17-9-7-6-8-10-17)30(27,28)18-13-11-16(12-14-18)20(26)24-21-23-19(15-29-21)22(2,3)4/h6-15H,5H2,1-4H3,(H,23,24,26). The normalized spacial score (nSPS) is 11.9. The fourth-order valence-electron chi connectivity index (χ4n) is 2.84. The van der Waals surface area contributed by atoms with Crippen LogP contribution in [0.3, 0.4) is 0 Å². The molecule has 3 rings (SSSR count). The smallest absolute Gasteiger partial charge is 0.264 e. The third-order valence-corrected chi connectivity index (χ3v) is 7.20. The van der Waals surface area contributed by atoms with Crippen LogP contribution in [0.5, 0.6) is 0 Å². The average Bonchev–Trinajstić information content (AvgIpc) is 3.18. The van der Waals surface area contributed by atoms with Gasteiger partial charge in [-0.3, -0.25) is 14.4 Å². The number of hydrogen-bond donors (Lipinski definition) is 1. The highest BCUT2D eigenvalue weighted by atomic mass is 32.2. The van der Waals surface area contributed by atoms with Crippen LogP contribution in [0.4, 0.5) is 10.8 Å². The first-order valence-electron chi connectivity index (χ1n) is 9.58. The maximum absolute atomic E-state index is 13.0. The Hall–Kier alpha value is -2.71. The highest BCUT2D eigenvalue weighted by Gasteiger charge is 2.24. The van der Waals surface area contributed by atoms with Gasteiger partial charge in [0.25, 0.3) is 15.9 Å². The molecule has 2 aromatic carbocycles. The van der Waals surface area contributed by atoms with Crippen LogP contribution in [0.25, 0.3) is 0 Å². The minimum atomic E-state index is -3.73. The molecule has 0 saturated carbocycles. The summed E-state index contributed by atoms with van der Waals surface area (Å²) in [6.45, 7) is 8.26. The zero-order valence-electron chi connectivity index (χ0n) is 17.4. The number of anilines is 2. The number of nitrogens with zero attached hydrogens (tertiary/aromatic N) is 2. The quantitative estimate of drug-likeness (QED) is 0.587. The third kappa shape index (κ3) is 4.71. The predicted octanol–water partition coefficient (Wildman–Crippen LogP) is 4.91. The van der Waals surface area contributed by atoms with Crippen LogP contribution in [0.15, 0.2) is 64.9 Å². The van der Waals surface area contributed by atoms with Crippen molar-refractivity contribution in [3.63, 3.8) is 0 Å². The summed E-state index contributed by atoms with van der Waals surface area (Å²) in [6, 6.07) is 14.9. The number of hydrogen-bond acceptors (Lipinski definition) is 5. The first kappa shape index (κ1) is 22.0. The second-order valence-corrected chi connectivity index (χ2v) is 10.5. The van der Waals surface area contributed by atoms with Crippen LogP contribution in [-0.2, 0) is 15.4 Å².